The van der Waals surface area contributed by atoms with Crippen LogP contribution in [0.15, 0.2) is 18.6 Å². The number of nitrogens with zero attached hydrogens (tertiary/aromatic N) is 3. The molecule has 2 aromatic rings. The Morgan fingerprint density at radius 2 is 1.72 bits per heavy atom. The summed E-state index contributed by atoms with van der Waals surface area (Å²) in [6, 6.07) is 1.48. The van der Waals surface area contributed by atoms with Crippen LogP contribution >= 0.6 is 0 Å². The van der Waals surface area contributed by atoms with Crippen LogP contribution in [0.1, 0.15) is 5.69 Å². The van der Waals surface area contributed by atoms with Gasteiger partial charge >= 0.3 is 0 Å². The van der Waals surface area contributed by atoms with E-state index in [1.165, 1.54) is 18.6 Å². The van der Waals surface area contributed by atoms with Crippen LogP contribution in [-0.4, -0.2) is 15.0 Å². The minimum Gasteiger partial charge on any atom is -0.374 e. The molecule has 0 bridgehead atoms. The number of hydrogen-bond donors (Lipinski definition) is 1. The standard InChI is InChI=1S/C10H6F4N4/c11-6-8(7(12)10(14)18-9(6)13)16-3-5-1-2-15-4-17-5/h1-2,4H,3H2,(H,16,18). The molecule has 0 aliphatic rings. The molecule has 2 rings (SSSR count). The third-order valence-corrected chi connectivity index (χ3v) is 2.09. The summed E-state index contributed by atoms with van der Waals surface area (Å²) in [5.74, 6) is -6.58. The number of pyridine rings is 1. The zero-order chi connectivity index (χ0) is 13.1. The first kappa shape index (κ1) is 12.2. The minimum absolute atomic E-state index is 0.112. The lowest BCUT2D eigenvalue weighted by atomic mass is 10.3. The maximum Gasteiger partial charge on any atom is 0.253 e. The molecule has 4 nitrogen and oxygen atoms in total. The zero-order valence-electron chi connectivity index (χ0n) is 8.79. The van der Waals surface area contributed by atoms with E-state index in [1.54, 1.807) is 0 Å². The number of aromatic nitrogens is 3. The average Bonchev–Trinajstić information content (AvgIpc) is 2.38. The van der Waals surface area contributed by atoms with Crippen molar-refractivity contribution in [2.24, 2.45) is 0 Å². The van der Waals surface area contributed by atoms with Gasteiger partial charge in [0.15, 0.2) is 0 Å². The van der Waals surface area contributed by atoms with Crippen LogP contribution in [0.5, 0.6) is 0 Å². The number of nitrogens with one attached hydrogen (secondary N) is 1. The Bertz CT molecular complexity index is 535. The maximum absolute atomic E-state index is 13.2. The Hall–Kier alpha value is -2.25. The van der Waals surface area contributed by atoms with Gasteiger partial charge in [-0.15, -0.1) is 0 Å². The fourth-order valence-corrected chi connectivity index (χ4v) is 1.24. The summed E-state index contributed by atoms with van der Waals surface area (Å²) in [4.78, 5) is 9.86. The normalized spacial score (nSPS) is 10.4. The largest absolute Gasteiger partial charge is 0.374 e. The van der Waals surface area contributed by atoms with E-state index in [-0.39, 0.29) is 6.54 Å². The first-order valence-corrected chi connectivity index (χ1v) is 4.78. The highest BCUT2D eigenvalue weighted by atomic mass is 19.2. The van der Waals surface area contributed by atoms with Gasteiger partial charge in [-0.3, -0.25) is 0 Å². The third kappa shape index (κ3) is 2.36. The lowest BCUT2D eigenvalue weighted by Gasteiger charge is -2.08. The molecule has 0 aromatic carbocycles. The first-order chi connectivity index (χ1) is 8.59. The number of hydrogen-bond acceptors (Lipinski definition) is 4. The van der Waals surface area contributed by atoms with Crippen molar-refractivity contribution in [3.63, 3.8) is 0 Å². The molecule has 94 valence electrons. The average molecular weight is 258 g/mol. The van der Waals surface area contributed by atoms with Gasteiger partial charge in [0, 0.05) is 6.20 Å². The van der Waals surface area contributed by atoms with E-state index in [9.17, 15) is 17.6 Å². The Kier molecular flexibility index (Phi) is 3.35. The summed E-state index contributed by atoms with van der Waals surface area (Å²) in [6.45, 7) is -0.112. The van der Waals surface area contributed by atoms with Gasteiger partial charge in [0.1, 0.15) is 12.0 Å². The number of halogens is 4. The molecule has 0 aliphatic carbocycles. The molecule has 0 radical (unpaired) electrons. The van der Waals surface area contributed by atoms with Crippen molar-refractivity contribution in [1.29, 1.82) is 0 Å². The summed E-state index contributed by atoms with van der Waals surface area (Å²) in [5, 5.41) is 2.22. The molecule has 8 heteroatoms. The predicted molar refractivity (Wildman–Crippen MR) is 53.4 cm³/mol. The maximum atomic E-state index is 13.2. The smallest absolute Gasteiger partial charge is 0.253 e. The SMILES string of the molecule is Fc1nc(F)c(F)c(NCc2ccncn2)c1F. The first-order valence-electron chi connectivity index (χ1n) is 4.78. The van der Waals surface area contributed by atoms with Crippen LogP contribution in [-0.2, 0) is 6.54 Å². The second-order valence-corrected chi connectivity index (χ2v) is 3.25. The van der Waals surface area contributed by atoms with Crippen molar-refractivity contribution in [1.82, 2.24) is 15.0 Å². The van der Waals surface area contributed by atoms with Crippen molar-refractivity contribution >= 4 is 5.69 Å². The van der Waals surface area contributed by atoms with Crippen LogP contribution < -0.4 is 5.32 Å². The van der Waals surface area contributed by atoms with Crippen molar-refractivity contribution in [2.45, 2.75) is 6.54 Å². The Morgan fingerprint density at radius 1 is 1.06 bits per heavy atom. The highest BCUT2D eigenvalue weighted by Crippen LogP contribution is 2.22. The predicted octanol–water partition coefficient (Wildman–Crippen LogP) is 2.04. The van der Waals surface area contributed by atoms with E-state index < -0.39 is 29.2 Å². The molecule has 0 atom stereocenters. The van der Waals surface area contributed by atoms with Gasteiger partial charge in [0.2, 0.25) is 11.6 Å². The van der Waals surface area contributed by atoms with E-state index in [4.69, 9.17) is 0 Å². The Labute approximate surface area is 98.7 Å². The highest BCUT2D eigenvalue weighted by molar-refractivity contribution is 5.45. The van der Waals surface area contributed by atoms with E-state index in [0.29, 0.717) is 5.69 Å². The third-order valence-electron chi connectivity index (χ3n) is 2.09. The topological polar surface area (TPSA) is 50.7 Å². The number of anilines is 1. The molecule has 2 aromatic heterocycles. The van der Waals surface area contributed by atoms with Crippen molar-refractivity contribution < 1.29 is 17.6 Å². The Morgan fingerprint density at radius 3 is 2.28 bits per heavy atom. The molecule has 0 saturated carbocycles. The monoisotopic (exact) mass is 258 g/mol. The quantitative estimate of drug-likeness (QED) is 0.676. The van der Waals surface area contributed by atoms with Gasteiger partial charge < -0.3 is 5.32 Å². The van der Waals surface area contributed by atoms with Gasteiger partial charge in [-0.2, -0.15) is 22.5 Å². The molecule has 2 heterocycles. The molecule has 0 amide bonds. The summed E-state index contributed by atoms with van der Waals surface area (Å²) in [7, 11) is 0. The van der Waals surface area contributed by atoms with E-state index in [1.807, 2.05) is 0 Å². The molecule has 1 N–H and O–H groups in total. The molecule has 18 heavy (non-hydrogen) atoms. The van der Waals surface area contributed by atoms with E-state index in [2.05, 4.69) is 20.3 Å². The van der Waals surface area contributed by atoms with Crippen molar-refractivity contribution in [3.8, 4) is 0 Å². The van der Waals surface area contributed by atoms with Gasteiger partial charge in [0.05, 0.1) is 12.2 Å². The van der Waals surface area contributed by atoms with Crippen LogP contribution in [0.4, 0.5) is 23.2 Å². The van der Waals surface area contributed by atoms with Crippen molar-refractivity contribution in [2.75, 3.05) is 5.32 Å². The second kappa shape index (κ2) is 4.94. The molecule has 0 saturated heterocycles. The van der Waals surface area contributed by atoms with E-state index in [0.717, 1.165) is 0 Å². The molecule has 0 spiro atoms. The van der Waals surface area contributed by atoms with Crippen molar-refractivity contribution in [3.05, 3.63) is 47.8 Å². The molecular formula is C10H6F4N4. The summed E-state index contributed by atoms with van der Waals surface area (Å²) in [5.41, 5.74) is -0.514. The van der Waals surface area contributed by atoms with E-state index >= 15 is 0 Å². The fourth-order valence-electron chi connectivity index (χ4n) is 1.24. The minimum atomic E-state index is -1.71. The van der Waals surface area contributed by atoms with Crippen LogP contribution in [0.3, 0.4) is 0 Å². The second-order valence-electron chi connectivity index (χ2n) is 3.25. The van der Waals surface area contributed by atoms with Gasteiger partial charge in [0.25, 0.3) is 11.9 Å². The van der Waals surface area contributed by atoms with Gasteiger partial charge in [-0.1, -0.05) is 0 Å². The summed E-state index contributed by atoms with van der Waals surface area (Å²) in [6.07, 6.45) is 2.65. The zero-order valence-corrected chi connectivity index (χ0v) is 8.79. The lowest BCUT2D eigenvalue weighted by molar-refractivity contribution is 0.410. The summed E-state index contributed by atoms with van der Waals surface area (Å²) >= 11 is 0. The molecule has 0 fully saturated rings. The fraction of sp³-hybridized carbons (Fsp3) is 0.100. The number of rotatable bonds is 3. The lowest BCUT2D eigenvalue weighted by Crippen LogP contribution is -2.10. The van der Waals surface area contributed by atoms with Crippen LogP contribution in [0, 0.1) is 23.5 Å². The van der Waals surface area contributed by atoms with Crippen LogP contribution in [0.2, 0.25) is 0 Å². The molecule has 0 aliphatic heterocycles. The Balaban J connectivity index is 2.24. The van der Waals surface area contributed by atoms with Gasteiger partial charge in [-0.05, 0) is 6.07 Å². The van der Waals surface area contributed by atoms with Crippen LogP contribution in [0.25, 0.3) is 0 Å². The highest BCUT2D eigenvalue weighted by Gasteiger charge is 2.20. The van der Waals surface area contributed by atoms with Gasteiger partial charge in [-0.25, -0.2) is 9.97 Å². The molecule has 0 unspecified atom stereocenters. The summed E-state index contributed by atoms with van der Waals surface area (Å²) < 4.78 is 52.0. The molecular weight excluding hydrogens is 252 g/mol.